The van der Waals surface area contributed by atoms with E-state index in [-0.39, 0.29) is 31.3 Å². The molecule has 0 aliphatic heterocycles. The molecule has 0 N–H and O–H groups in total. The van der Waals surface area contributed by atoms with Gasteiger partial charge in [-0.3, -0.25) is 9.59 Å². The number of aromatic nitrogens is 1. The first-order chi connectivity index (χ1) is 13.1. The second kappa shape index (κ2) is 8.44. The number of carbonyl (C=O) groups excluding carboxylic acids is 2. The highest BCUT2D eigenvalue weighted by Crippen LogP contribution is 2.18. The van der Waals surface area contributed by atoms with Crippen molar-refractivity contribution in [1.82, 2.24) is 10.1 Å². The second-order valence-corrected chi connectivity index (χ2v) is 6.00. The summed E-state index contributed by atoms with van der Waals surface area (Å²) < 4.78 is 23.5. The highest BCUT2D eigenvalue weighted by atomic mass is 19.1. The van der Waals surface area contributed by atoms with Gasteiger partial charge in [0.05, 0.1) is 6.42 Å². The van der Waals surface area contributed by atoms with Crippen molar-refractivity contribution in [1.29, 1.82) is 0 Å². The zero-order valence-corrected chi connectivity index (χ0v) is 14.9. The number of hydrogen-bond acceptors (Lipinski definition) is 5. The Balaban J connectivity index is 1.54. The molecule has 0 aliphatic carbocycles. The number of amides is 1. The Labute approximate surface area is 155 Å². The number of halogens is 1. The van der Waals surface area contributed by atoms with E-state index in [1.165, 1.54) is 17.0 Å². The van der Waals surface area contributed by atoms with Gasteiger partial charge in [0, 0.05) is 18.5 Å². The largest absolute Gasteiger partial charge is 0.455 e. The topological polar surface area (TPSA) is 72.6 Å². The van der Waals surface area contributed by atoms with E-state index < -0.39 is 5.97 Å². The maximum atomic E-state index is 13.3. The van der Waals surface area contributed by atoms with Crippen LogP contribution in [-0.2, 0) is 27.3 Å². The Morgan fingerprint density at radius 1 is 1.19 bits per heavy atom. The van der Waals surface area contributed by atoms with Crippen molar-refractivity contribution in [2.75, 3.05) is 13.2 Å². The van der Waals surface area contributed by atoms with Crippen molar-refractivity contribution in [2.45, 2.75) is 19.9 Å². The van der Waals surface area contributed by atoms with Crippen LogP contribution in [0.1, 0.15) is 18.2 Å². The summed E-state index contributed by atoms with van der Waals surface area (Å²) in [5.41, 5.74) is 1.73. The predicted octanol–water partition coefficient (Wildman–Crippen LogP) is 3.10. The van der Waals surface area contributed by atoms with Crippen molar-refractivity contribution < 1.29 is 23.2 Å². The van der Waals surface area contributed by atoms with Crippen LogP contribution in [0.4, 0.5) is 4.39 Å². The minimum atomic E-state index is -0.566. The van der Waals surface area contributed by atoms with Crippen LogP contribution in [0.15, 0.2) is 53.1 Å². The molecule has 0 spiro atoms. The molecular formula is C20H19FN2O4. The third-order valence-corrected chi connectivity index (χ3v) is 4.12. The number of fused-ring (bicyclic) bond motifs is 1. The van der Waals surface area contributed by atoms with Gasteiger partial charge < -0.3 is 14.2 Å². The van der Waals surface area contributed by atoms with Crippen molar-refractivity contribution in [3.8, 4) is 0 Å². The molecule has 3 aromatic rings. The van der Waals surface area contributed by atoms with Gasteiger partial charge in [-0.1, -0.05) is 29.4 Å². The smallest absolute Gasteiger partial charge is 0.312 e. The van der Waals surface area contributed by atoms with Gasteiger partial charge in [0.15, 0.2) is 12.2 Å². The van der Waals surface area contributed by atoms with Gasteiger partial charge in [0.1, 0.15) is 11.5 Å². The molecule has 2 aromatic carbocycles. The maximum absolute atomic E-state index is 13.3. The van der Waals surface area contributed by atoms with Crippen LogP contribution in [0, 0.1) is 5.82 Å². The average Bonchev–Trinajstić information content (AvgIpc) is 3.07. The summed E-state index contributed by atoms with van der Waals surface area (Å²) in [5, 5.41) is 4.61. The fourth-order valence-electron chi connectivity index (χ4n) is 2.72. The summed E-state index contributed by atoms with van der Waals surface area (Å²) in [6, 6.07) is 13.2. The highest BCUT2D eigenvalue weighted by Gasteiger charge is 2.17. The third-order valence-electron chi connectivity index (χ3n) is 4.12. The fraction of sp³-hybridized carbons (Fsp3) is 0.250. The highest BCUT2D eigenvalue weighted by molar-refractivity contribution is 5.85. The van der Waals surface area contributed by atoms with Crippen LogP contribution in [0.3, 0.4) is 0 Å². The molecule has 7 heteroatoms. The number of para-hydroxylation sites is 1. The molecule has 1 heterocycles. The molecule has 140 valence electrons. The molecule has 0 saturated carbocycles. The zero-order valence-electron chi connectivity index (χ0n) is 14.9. The molecule has 3 rings (SSSR count). The van der Waals surface area contributed by atoms with Gasteiger partial charge in [-0.15, -0.1) is 0 Å². The molecule has 0 atom stereocenters. The second-order valence-electron chi connectivity index (χ2n) is 6.00. The van der Waals surface area contributed by atoms with Gasteiger partial charge in [0.2, 0.25) is 0 Å². The number of nitrogens with zero attached hydrogens (tertiary/aromatic N) is 2. The lowest BCUT2D eigenvalue weighted by Crippen LogP contribution is -2.34. The van der Waals surface area contributed by atoms with E-state index in [4.69, 9.17) is 9.26 Å². The summed E-state index contributed by atoms with van der Waals surface area (Å²) in [4.78, 5) is 25.8. The summed E-state index contributed by atoms with van der Waals surface area (Å²) in [5.74, 6) is -1.27. The van der Waals surface area contributed by atoms with Gasteiger partial charge in [-0.25, -0.2) is 4.39 Å². The van der Waals surface area contributed by atoms with Crippen LogP contribution >= 0.6 is 0 Å². The van der Waals surface area contributed by atoms with Crippen molar-refractivity contribution in [3.63, 3.8) is 0 Å². The summed E-state index contributed by atoms with van der Waals surface area (Å²) in [6.45, 7) is 2.09. The molecule has 1 amide bonds. The van der Waals surface area contributed by atoms with Gasteiger partial charge in [-0.05, 0) is 36.8 Å². The minimum absolute atomic E-state index is 0.0830. The number of esters is 1. The number of carbonyl (C=O) groups is 2. The van der Waals surface area contributed by atoms with Gasteiger partial charge >= 0.3 is 5.97 Å². The van der Waals surface area contributed by atoms with E-state index in [2.05, 4.69) is 5.16 Å². The molecular weight excluding hydrogens is 351 g/mol. The summed E-state index contributed by atoms with van der Waals surface area (Å²) in [7, 11) is 0. The van der Waals surface area contributed by atoms with Crippen molar-refractivity contribution in [2.24, 2.45) is 0 Å². The number of benzene rings is 2. The molecule has 0 unspecified atom stereocenters. The molecule has 0 saturated heterocycles. The Morgan fingerprint density at radius 2 is 2.00 bits per heavy atom. The number of ether oxygens (including phenoxy) is 1. The normalized spacial score (nSPS) is 10.7. The van der Waals surface area contributed by atoms with E-state index in [1.54, 1.807) is 31.2 Å². The van der Waals surface area contributed by atoms with Gasteiger partial charge in [-0.2, -0.15) is 0 Å². The first kappa shape index (κ1) is 18.6. The SMILES string of the molecule is CCN(Cc1cccc(F)c1)C(=O)COC(=O)Cc1noc2ccccc12. The molecule has 0 fully saturated rings. The molecule has 0 bridgehead atoms. The average molecular weight is 370 g/mol. The number of rotatable bonds is 7. The predicted molar refractivity (Wildman–Crippen MR) is 96.2 cm³/mol. The Bertz CT molecular complexity index is 954. The minimum Gasteiger partial charge on any atom is -0.455 e. The van der Waals surface area contributed by atoms with E-state index in [0.29, 0.717) is 23.4 Å². The lowest BCUT2D eigenvalue weighted by molar-refractivity contribution is -0.151. The van der Waals surface area contributed by atoms with Crippen LogP contribution in [0.25, 0.3) is 11.0 Å². The maximum Gasteiger partial charge on any atom is 0.312 e. The van der Waals surface area contributed by atoms with Gasteiger partial charge in [0.25, 0.3) is 5.91 Å². The molecule has 6 nitrogen and oxygen atoms in total. The Kier molecular flexibility index (Phi) is 5.80. The van der Waals surface area contributed by atoms with Crippen LogP contribution in [-0.4, -0.2) is 35.1 Å². The van der Waals surface area contributed by atoms with E-state index in [1.807, 2.05) is 12.1 Å². The van der Waals surface area contributed by atoms with E-state index in [9.17, 15) is 14.0 Å². The van der Waals surface area contributed by atoms with Crippen LogP contribution < -0.4 is 0 Å². The first-order valence-corrected chi connectivity index (χ1v) is 8.58. The summed E-state index contributed by atoms with van der Waals surface area (Å²) in [6.07, 6.45) is -0.0830. The molecule has 1 aromatic heterocycles. The van der Waals surface area contributed by atoms with Crippen LogP contribution in [0.2, 0.25) is 0 Å². The van der Waals surface area contributed by atoms with Crippen molar-refractivity contribution >= 4 is 22.8 Å². The summed E-state index contributed by atoms with van der Waals surface area (Å²) >= 11 is 0. The van der Waals surface area contributed by atoms with E-state index in [0.717, 1.165) is 5.39 Å². The zero-order chi connectivity index (χ0) is 19.2. The first-order valence-electron chi connectivity index (χ1n) is 8.58. The fourth-order valence-corrected chi connectivity index (χ4v) is 2.72. The lowest BCUT2D eigenvalue weighted by atomic mass is 10.2. The quantitative estimate of drug-likeness (QED) is 0.598. The van der Waals surface area contributed by atoms with E-state index >= 15 is 0 Å². The number of hydrogen-bond donors (Lipinski definition) is 0. The van der Waals surface area contributed by atoms with Crippen LogP contribution in [0.5, 0.6) is 0 Å². The third kappa shape index (κ3) is 4.69. The molecule has 0 aliphatic rings. The molecule has 27 heavy (non-hydrogen) atoms. The molecule has 0 radical (unpaired) electrons. The standard InChI is InChI=1S/C20H19FN2O4/c1-2-23(12-14-6-5-7-15(21)10-14)19(24)13-26-20(25)11-17-16-8-3-4-9-18(16)27-22-17/h3-10H,2,11-13H2,1H3. The number of likely N-dealkylation sites (N-methyl/N-ethyl adjacent to an activating group) is 1. The lowest BCUT2D eigenvalue weighted by Gasteiger charge is -2.20. The Hall–Kier alpha value is -3.22. The van der Waals surface area contributed by atoms with Crippen molar-refractivity contribution in [3.05, 3.63) is 65.6 Å². The Morgan fingerprint density at radius 3 is 2.78 bits per heavy atom. The monoisotopic (exact) mass is 370 g/mol.